The third-order valence-corrected chi connectivity index (χ3v) is 10.2. The van der Waals surface area contributed by atoms with E-state index in [4.69, 9.17) is 5.26 Å². The van der Waals surface area contributed by atoms with Crippen LogP contribution in [0.25, 0.3) is 0 Å². The average Bonchev–Trinajstić information content (AvgIpc) is 3.46. The van der Waals surface area contributed by atoms with E-state index in [1.54, 1.807) is 6.07 Å². The van der Waals surface area contributed by atoms with Crippen LogP contribution in [-0.2, 0) is 15.5 Å². The van der Waals surface area contributed by atoms with Crippen molar-refractivity contribution in [3.63, 3.8) is 0 Å². The lowest BCUT2D eigenvalue weighted by Gasteiger charge is -2.41. The van der Waals surface area contributed by atoms with Gasteiger partial charge in [-0.3, -0.25) is 14.5 Å². The van der Waals surface area contributed by atoms with Crippen molar-refractivity contribution in [1.29, 1.82) is 5.26 Å². The van der Waals surface area contributed by atoms with E-state index in [9.17, 15) is 27.9 Å². The summed E-state index contributed by atoms with van der Waals surface area (Å²) in [6.07, 6.45) is 0.259. The Bertz CT molecular complexity index is 1400. The van der Waals surface area contributed by atoms with E-state index in [-0.39, 0.29) is 41.1 Å². The molecule has 1 N–H and O–H groups in total. The summed E-state index contributed by atoms with van der Waals surface area (Å²) in [5.74, 6) is -6.70. The molecule has 1 aliphatic carbocycles. The van der Waals surface area contributed by atoms with Gasteiger partial charge in [-0.1, -0.05) is 61.7 Å². The van der Waals surface area contributed by atoms with Gasteiger partial charge in [0.05, 0.1) is 11.6 Å². The summed E-state index contributed by atoms with van der Waals surface area (Å²) in [5.41, 5.74) is 0.426. The maximum Gasteiger partial charge on any atom is 0.406 e. The van der Waals surface area contributed by atoms with Crippen molar-refractivity contribution in [3.8, 4) is 6.07 Å². The number of halogens is 5. The lowest BCUT2D eigenvalue weighted by Crippen LogP contribution is -2.54. The van der Waals surface area contributed by atoms with Gasteiger partial charge in [-0.25, -0.2) is 0 Å². The second kappa shape index (κ2) is 14.7. The van der Waals surface area contributed by atoms with Crippen LogP contribution in [0.1, 0.15) is 67.6 Å². The van der Waals surface area contributed by atoms with E-state index in [1.807, 2.05) is 30.3 Å². The molecule has 12 heteroatoms. The molecule has 0 bridgehead atoms. The van der Waals surface area contributed by atoms with Crippen LogP contribution in [0.5, 0.6) is 0 Å². The molecule has 2 aliphatic heterocycles. The number of amides is 1. The Balaban J connectivity index is 1.29. The van der Waals surface area contributed by atoms with Crippen molar-refractivity contribution < 1.29 is 36.6 Å². The SMILES string of the molecule is N#Cc1ccc(C(F)(F)C(=O)N(CC(F)(F)F)C2CCN(CC3CN(C(C(=O)O)C4CCCCC4)CC3c3ccccc3)CC2)cc1. The molecule has 3 atom stereocenters. The van der Waals surface area contributed by atoms with Crippen LogP contribution in [0, 0.1) is 23.2 Å². The zero-order chi connectivity index (χ0) is 33.8. The first-order valence-electron chi connectivity index (χ1n) is 16.4. The number of aliphatic carboxylic acids is 1. The van der Waals surface area contributed by atoms with Crippen molar-refractivity contribution in [2.45, 2.75) is 75.0 Å². The Morgan fingerprint density at radius 1 is 0.915 bits per heavy atom. The minimum absolute atomic E-state index is 0.0630. The van der Waals surface area contributed by atoms with Gasteiger partial charge in [0.1, 0.15) is 12.6 Å². The normalized spacial score (nSPS) is 22.9. The van der Waals surface area contributed by atoms with Gasteiger partial charge in [0.25, 0.3) is 5.91 Å². The van der Waals surface area contributed by atoms with E-state index in [1.165, 1.54) is 0 Å². The number of carbonyl (C=O) groups is 2. The lowest BCUT2D eigenvalue weighted by atomic mass is 9.83. The van der Waals surface area contributed by atoms with Gasteiger partial charge in [-0.15, -0.1) is 0 Å². The van der Waals surface area contributed by atoms with Gasteiger partial charge < -0.3 is 14.9 Å². The van der Waals surface area contributed by atoms with Crippen LogP contribution in [0.4, 0.5) is 22.0 Å². The number of likely N-dealkylation sites (tertiary alicyclic amines) is 2. The number of nitrogens with zero attached hydrogens (tertiary/aromatic N) is 4. The number of carboxylic acid groups (broad SMARTS) is 1. The van der Waals surface area contributed by atoms with Crippen LogP contribution in [0.15, 0.2) is 54.6 Å². The molecule has 254 valence electrons. The maximum absolute atomic E-state index is 15.3. The number of piperidine rings is 1. The molecule has 2 saturated heterocycles. The summed E-state index contributed by atoms with van der Waals surface area (Å²) in [4.78, 5) is 30.1. The molecular formula is C35H41F5N4O3. The Hall–Kier alpha value is -3.56. The second-order valence-corrected chi connectivity index (χ2v) is 13.3. The maximum atomic E-state index is 15.3. The van der Waals surface area contributed by atoms with Gasteiger partial charge in [0.15, 0.2) is 0 Å². The van der Waals surface area contributed by atoms with E-state index in [0.717, 1.165) is 61.9 Å². The molecule has 0 spiro atoms. The fraction of sp³-hybridized carbons (Fsp3) is 0.571. The van der Waals surface area contributed by atoms with Gasteiger partial charge in [-0.05, 0) is 55.2 Å². The minimum Gasteiger partial charge on any atom is -0.480 e. The fourth-order valence-electron chi connectivity index (χ4n) is 7.86. The molecule has 5 rings (SSSR count). The molecule has 1 amide bonds. The van der Waals surface area contributed by atoms with E-state index < -0.39 is 48.2 Å². The first kappa shape index (κ1) is 34.8. The summed E-state index contributed by atoms with van der Waals surface area (Å²) < 4.78 is 71.5. The Labute approximate surface area is 271 Å². The van der Waals surface area contributed by atoms with Gasteiger partial charge >= 0.3 is 18.1 Å². The summed E-state index contributed by atoms with van der Waals surface area (Å²) in [6.45, 7) is 0.594. The summed E-state index contributed by atoms with van der Waals surface area (Å²) >= 11 is 0. The van der Waals surface area contributed by atoms with Crippen molar-refractivity contribution >= 4 is 11.9 Å². The molecule has 2 aromatic carbocycles. The molecule has 7 nitrogen and oxygen atoms in total. The number of benzene rings is 2. The largest absolute Gasteiger partial charge is 0.480 e. The molecule has 2 aromatic rings. The van der Waals surface area contributed by atoms with Crippen LogP contribution < -0.4 is 0 Å². The minimum atomic E-state index is -4.87. The predicted molar refractivity (Wildman–Crippen MR) is 165 cm³/mol. The van der Waals surface area contributed by atoms with E-state index >= 15 is 8.78 Å². The summed E-state index contributed by atoms with van der Waals surface area (Å²) in [5, 5.41) is 19.2. The third-order valence-electron chi connectivity index (χ3n) is 10.2. The van der Waals surface area contributed by atoms with Crippen LogP contribution in [0.3, 0.4) is 0 Å². The van der Waals surface area contributed by atoms with Crippen molar-refractivity contribution in [2.75, 3.05) is 39.3 Å². The molecule has 3 unspecified atom stereocenters. The van der Waals surface area contributed by atoms with Gasteiger partial charge in [-0.2, -0.15) is 27.2 Å². The predicted octanol–water partition coefficient (Wildman–Crippen LogP) is 6.25. The highest BCUT2D eigenvalue weighted by Gasteiger charge is 2.49. The molecule has 2 heterocycles. The number of hydrogen-bond acceptors (Lipinski definition) is 5. The van der Waals surface area contributed by atoms with Gasteiger partial charge in [0, 0.05) is 50.2 Å². The number of carbonyl (C=O) groups excluding carboxylic acids is 1. The van der Waals surface area contributed by atoms with E-state index in [0.29, 0.717) is 32.7 Å². The zero-order valence-corrected chi connectivity index (χ0v) is 26.2. The molecule has 3 fully saturated rings. The average molecular weight is 661 g/mol. The highest BCUT2D eigenvalue weighted by Crippen LogP contribution is 2.39. The van der Waals surface area contributed by atoms with E-state index in [2.05, 4.69) is 9.80 Å². The summed E-state index contributed by atoms with van der Waals surface area (Å²) in [7, 11) is 0. The highest BCUT2D eigenvalue weighted by molar-refractivity contribution is 5.85. The van der Waals surface area contributed by atoms with Crippen molar-refractivity contribution in [1.82, 2.24) is 14.7 Å². The molecule has 0 aromatic heterocycles. The van der Waals surface area contributed by atoms with Crippen molar-refractivity contribution in [2.24, 2.45) is 11.8 Å². The zero-order valence-electron chi connectivity index (χ0n) is 26.2. The molecule has 47 heavy (non-hydrogen) atoms. The highest BCUT2D eigenvalue weighted by atomic mass is 19.4. The first-order chi connectivity index (χ1) is 22.4. The topological polar surface area (TPSA) is 87.9 Å². The molecule has 3 aliphatic rings. The number of rotatable bonds is 10. The molecule has 0 radical (unpaired) electrons. The summed E-state index contributed by atoms with van der Waals surface area (Å²) in [6, 6.07) is 14.1. The quantitative estimate of drug-likeness (QED) is 0.303. The standard InChI is InChI=1S/C35H41F5N4O3/c36-34(37,38)23-44(33(47)35(39,40)28-13-11-24(19-41)12-14-28)29-15-17-42(18-16-29)20-27-21-43(22-30(27)25-7-3-1-4-8-25)31(32(45)46)26-9-5-2-6-10-26/h1,3-4,7-8,11-14,26-27,29-31H,2,5-6,9-10,15-18,20-23H2,(H,45,46). The van der Waals surface area contributed by atoms with Crippen LogP contribution in [0.2, 0.25) is 0 Å². The lowest BCUT2D eigenvalue weighted by molar-refractivity contribution is -0.185. The Morgan fingerprint density at radius 3 is 2.13 bits per heavy atom. The van der Waals surface area contributed by atoms with Gasteiger partial charge in [0.2, 0.25) is 0 Å². The number of carboxylic acids is 1. The number of nitriles is 1. The number of hydrogen-bond donors (Lipinski definition) is 1. The third kappa shape index (κ3) is 8.30. The fourth-order valence-corrected chi connectivity index (χ4v) is 7.86. The Kier molecular flexibility index (Phi) is 10.9. The van der Waals surface area contributed by atoms with Crippen LogP contribution >= 0.6 is 0 Å². The molecule has 1 saturated carbocycles. The first-order valence-corrected chi connectivity index (χ1v) is 16.4. The second-order valence-electron chi connectivity index (χ2n) is 13.3. The van der Waals surface area contributed by atoms with Crippen molar-refractivity contribution in [3.05, 3.63) is 71.3 Å². The van der Waals surface area contributed by atoms with Crippen LogP contribution in [-0.4, -0.2) is 89.2 Å². The Morgan fingerprint density at radius 2 is 1.55 bits per heavy atom. The molecular weight excluding hydrogens is 619 g/mol. The smallest absolute Gasteiger partial charge is 0.406 e. The number of alkyl halides is 5. The monoisotopic (exact) mass is 660 g/mol.